The molecule has 2 bridgehead atoms. The summed E-state index contributed by atoms with van der Waals surface area (Å²) in [7, 11) is 0. The molecule has 6 atom stereocenters. The fraction of sp³-hybridized carbons (Fsp3) is 0.452. The molecule has 2 amide bonds. The first-order valence-electron chi connectivity index (χ1n) is 19.3. The van der Waals surface area contributed by atoms with Crippen molar-refractivity contribution in [1.82, 2.24) is 24.8 Å². The Balaban J connectivity index is 1.24. The normalized spacial score (nSPS) is 26.5. The number of hydrogen-bond acceptors (Lipinski definition) is 10. The number of benzene rings is 2. The van der Waals surface area contributed by atoms with Gasteiger partial charge in [-0.25, -0.2) is 23.4 Å². The zero-order chi connectivity index (χ0) is 40.1. The van der Waals surface area contributed by atoms with Gasteiger partial charge in [0.2, 0.25) is 5.88 Å². The molecule has 0 aliphatic carbocycles. The lowest BCUT2D eigenvalue weighted by Gasteiger charge is -2.47. The molecule has 13 nitrogen and oxygen atoms in total. The number of hydrogen-bond donors (Lipinski definition) is 2. The summed E-state index contributed by atoms with van der Waals surface area (Å²) < 4.78 is 51.1. The van der Waals surface area contributed by atoms with Gasteiger partial charge in [-0.2, -0.15) is 9.97 Å². The molecule has 4 saturated heterocycles. The van der Waals surface area contributed by atoms with Crippen molar-refractivity contribution in [3.63, 3.8) is 0 Å². The average Bonchev–Trinajstić information content (AvgIpc) is 3.73. The highest BCUT2D eigenvalue weighted by molar-refractivity contribution is 6.06. The second-order valence-corrected chi connectivity index (χ2v) is 16.7. The van der Waals surface area contributed by atoms with Crippen molar-refractivity contribution in [2.75, 3.05) is 36.5 Å². The predicted molar refractivity (Wildman–Crippen MR) is 209 cm³/mol. The van der Waals surface area contributed by atoms with Crippen molar-refractivity contribution >= 4 is 45.4 Å². The fourth-order valence-electron chi connectivity index (χ4n) is 9.77. The van der Waals surface area contributed by atoms with Gasteiger partial charge in [-0.15, -0.1) is 6.42 Å². The number of aromatic nitrogens is 3. The Morgan fingerprint density at radius 2 is 1.98 bits per heavy atom. The van der Waals surface area contributed by atoms with Gasteiger partial charge in [-0.1, -0.05) is 30.2 Å². The summed E-state index contributed by atoms with van der Waals surface area (Å²) in [5, 5.41) is 14.3. The van der Waals surface area contributed by atoms with Crippen LogP contribution in [0.5, 0.6) is 11.9 Å². The van der Waals surface area contributed by atoms with E-state index in [1.165, 1.54) is 4.90 Å². The third kappa shape index (κ3) is 5.95. The number of anilines is 2. The van der Waals surface area contributed by atoms with Gasteiger partial charge in [-0.05, 0) is 70.5 Å². The van der Waals surface area contributed by atoms with E-state index in [0.29, 0.717) is 53.6 Å². The minimum atomic E-state index is -1.05. The quantitative estimate of drug-likeness (QED) is 0.161. The van der Waals surface area contributed by atoms with E-state index < -0.39 is 53.5 Å². The van der Waals surface area contributed by atoms with Crippen LogP contribution in [0, 0.1) is 18.2 Å². The summed E-state index contributed by atoms with van der Waals surface area (Å²) >= 11 is 0. The monoisotopic (exact) mass is 779 g/mol. The summed E-state index contributed by atoms with van der Waals surface area (Å²) in [5.74, 6) is 2.23. The molecule has 5 unspecified atom stereocenters. The molecule has 0 radical (unpaired) electrons. The number of amides is 2. The molecule has 5 aliphatic rings. The summed E-state index contributed by atoms with van der Waals surface area (Å²) in [4.78, 5) is 45.4. The van der Waals surface area contributed by atoms with E-state index in [2.05, 4.69) is 22.8 Å². The molecule has 0 saturated carbocycles. The summed E-state index contributed by atoms with van der Waals surface area (Å²) in [6.07, 6.45) is 4.76. The van der Waals surface area contributed by atoms with Crippen LogP contribution in [0.2, 0.25) is 0 Å². The predicted octanol–water partition coefficient (Wildman–Crippen LogP) is 6.91. The van der Waals surface area contributed by atoms with Gasteiger partial charge >= 0.3 is 18.2 Å². The molecule has 4 fully saturated rings. The third-order valence-electron chi connectivity index (χ3n) is 12.1. The number of carbonyl (C=O) groups is 2. The molecule has 57 heavy (non-hydrogen) atoms. The van der Waals surface area contributed by atoms with Gasteiger partial charge in [-0.3, -0.25) is 15.1 Å². The molecule has 2 aromatic heterocycles. The number of terminal acetylenes is 1. The smallest absolute Gasteiger partial charge is 0.412 e. The fourth-order valence-corrected chi connectivity index (χ4v) is 9.77. The van der Waals surface area contributed by atoms with Gasteiger partial charge in [0, 0.05) is 48.3 Å². The van der Waals surface area contributed by atoms with Crippen molar-refractivity contribution < 1.29 is 37.7 Å². The number of ether oxygens (including phenoxy) is 3. The minimum Gasteiger partial charge on any atom is -0.472 e. The lowest BCUT2D eigenvalue weighted by Crippen LogP contribution is -2.64. The molecule has 296 valence electrons. The first kappa shape index (κ1) is 36.9. The number of alkyl halides is 1. The molecule has 2 aromatic carbocycles. The van der Waals surface area contributed by atoms with Gasteiger partial charge in [0.15, 0.2) is 5.82 Å². The van der Waals surface area contributed by atoms with E-state index in [-0.39, 0.29) is 66.2 Å². The van der Waals surface area contributed by atoms with E-state index in [1.54, 1.807) is 51.1 Å². The van der Waals surface area contributed by atoms with E-state index in [9.17, 15) is 19.1 Å². The van der Waals surface area contributed by atoms with E-state index in [1.807, 2.05) is 16.7 Å². The second kappa shape index (κ2) is 13.2. The van der Waals surface area contributed by atoms with Crippen LogP contribution in [0.1, 0.15) is 58.9 Å². The third-order valence-corrected chi connectivity index (χ3v) is 12.1. The molecule has 2 N–H and O–H groups in total. The number of fused-ring (bicyclic) bond motifs is 7. The maximum Gasteiger partial charge on any atom is 0.412 e. The zero-order valence-electron chi connectivity index (χ0n) is 32.1. The Hall–Kier alpha value is -5.75. The van der Waals surface area contributed by atoms with E-state index >= 15 is 4.39 Å². The maximum absolute atomic E-state index is 17.7. The topological polar surface area (TPSA) is 142 Å². The van der Waals surface area contributed by atoms with Crippen molar-refractivity contribution in [3.8, 4) is 35.5 Å². The van der Waals surface area contributed by atoms with Crippen molar-refractivity contribution in [2.45, 2.75) is 94.9 Å². The highest BCUT2D eigenvalue weighted by Gasteiger charge is 2.54. The van der Waals surface area contributed by atoms with Crippen LogP contribution in [0.15, 0.2) is 42.5 Å². The van der Waals surface area contributed by atoms with Gasteiger partial charge in [0.1, 0.15) is 46.9 Å². The van der Waals surface area contributed by atoms with Crippen LogP contribution in [-0.4, -0.2) is 110 Å². The Bertz CT molecular complexity index is 2430. The zero-order valence-corrected chi connectivity index (χ0v) is 32.1. The number of nitrogens with one attached hydrogen (secondary N) is 1. The second-order valence-electron chi connectivity index (χ2n) is 16.7. The largest absolute Gasteiger partial charge is 0.472 e. The van der Waals surface area contributed by atoms with Crippen LogP contribution in [-0.2, 0) is 4.74 Å². The molecular formula is C42H43F2N7O6. The van der Waals surface area contributed by atoms with Crippen LogP contribution in [0.25, 0.3) is 32.9 Å². The van der Waals surface area contributed by atoms with Gasteiger partial charge < -0.3 is 24.2 Å². The van der Waals surface area contributed by atoms with Crippen molar-refractivity contribution in [3.05, 3.63) is 53.9 Å². The summed E-state index contributed by atoms with van der Waals surface area (Å²) in [6, 6.07) is 7.19. The number of pyridine rings is 1. The standard InChI is InChI=1S/C42H43F2N7O6/c1-7-23-9-8-10-24-15-26(45-39(52)57-41(4,5)6)16-28(30(23)24)33-32(44)34-31-36(48-38(47-34)55-20-42-17-25(43)18-49(42)14-13-21(42)2)50-19-27-11-12-29(51(27)40(53)54)35(50)22(3)56-37(31)46-33/h1,8-10,15-16,22,25,27,29,35H,2,11-14,17-20H2,3-6H3,(H,45,52)(H,53,54)/t22?,25-,27?,29?,35?,42?/m1/s1. The first-order valence-corrected chi connectivity index (χ1v) is 19.3. The summed E-state index contributed by atoms with van der Waals surface area (Å²) in [5.41, 5.74) is 0.0725. The Kier molecular flexibility index (Phi) is 8.51. The first-order chi connectivity index (χ1) is 27.2. The molecule has 4 aromatic rings. The van der Waals surface area contributed by atoms with Crippen LogP contribution in [0.4, 0.5) is 29.9 Å². The maximum atomic E-state index is 17.7. The van der Waals surface area contributed by atoms with Crippen LogP contribution < -0.4 is 19.7 Å². The number of piperazine rings is 1. The minimum absolute atomic E-state index is 0.00649. The lowest BCUT2D eigenvalue weighted by atomic mass is 9.90. The van der Waals surface area contributed by atoms with Crippen molar-refractivity contribution in [2.24, 2.45) is 0 Å². The highest BCUT2D eigenvalue weighted by atomic mass is 19.1. The van der Waals surface area contributed by atoms with Crippen molar-refractivity contribution in [1.29, 1.82) is 0 Å². The number of nitrogens with zero attached hydrogens (tertiary/aromatic N) is 6. The number of carbonyl (C=O) groups excluding carboxylic acids is 1. The van der Waals surface area contributed by atoms with E-state index in [4.69, 9.17) is 30.6 Å². The average molecular weight is 780 g/mol. The molecule has 9 rings (SSSR count). The Labute approximate surface area is 328 Å². The van der Waals surface area contributed by atoms with Gasteiger partial charge in [0.25, 0.3) is 0 Å². The molecular weight excluding hydrogens is 737 g/mol. The SMILES string of the molecule is C#Cc1cccc2cc(NC(=O)OC(C)(C)C)cc(-c3nc4c5c(nc(OCC67C[C@@H](F)CN6CCC7=C)nc5c3F)N3CC5CCC(C3C(C)O4)N5C(=O)O)c12. The summed E-state index contributed by atoms with van der Waals surface area (Å²) in [6.45, 7) is 12.5. The van der Waals surface area contributed by atoms with Crippen LogP contribution in [0.3, 0.4) is 0 Å². The van der Waals surface area contributed by atoms with Gasteiger partial charge in [0.05, 0.1) is 23.7 Å². The molecule has 15 heteroatoms. The Morgan fingerprint density at radius 1 is 1.18 bits per heavy atom. The lowest BCUT2D eigenvalue weighted by molar-refractivity contribution is 0.0634. The molecule has 0 spiro atoms. The molecule has 7 heterocycles. The number of halogens is 2. The highest BCUT2D eigenvalue weighted by Crippen LogP contribution is 2.48. The Morgan fingerprint density at radius 3 is 2.74 bits per heavy atom. The van der Waals surface area contributed by atoms with E-state index in [0.717, 1.165) is 5.57 Å². The van der Waals surface area contributed by atoms with Crippen LogP contribution >= 0.6 is 0 Å². The number of rotatable bonds is 5. The molecule has 5 aliphatic heterocycles. The number of carboxylic acid groups (broad SMARTS) is 1.